The summed E-state index contributed by atoms with van der Waals surface area (Å²) in [6.45, 7) is 9.43. The Bertz CT molecular complexity index is 451. The molecule has 0 aliphatic carbocycles. The van der Waals surface area contributed by atoms with Crippen LogP contribution in [0.2, 0.25) is 0 Å². The minimum atomic E-state index is -1.19. The van der Waals surface area contributed by atoms with Gasteiger partial charge >= 0.3 is 29.6 Å². The Hall–Kier alpha value is -0.510. The molecular weight excluding hydrogens is 239 g/mol. The van der Waals surface area contributed by atoms with Gasteiger partial charge in [0.05, 0.1) is 5.97 Å². The number of phenols is 1. The molecule has 0 fully saturated rings. The second-order valence-corrected chi connectivity index (χ2v) is 5.00. The molecule has 0 aromatic heterocycles. The Labute approximate surface area is 131 Å². The smallest absolute Gasteiger partial charge is 0.545 e. The van der Waals surface area contributed by atoms with Crippen LogP contribution in [0.4, 0.5) is 0 Å². The van der Waals surface area contributed by atoms with Crippen LogP contribution in [0, 0.1) is 6.92 Å². The number of carbonyl (C=O) groups excluding carboxylic acids is 1. The van der Waals surface area contributed by atoms with Crippen molar-refractivity contribution in [3.8, 4) is 5.75 Å². The summed E-state index contributed by atoms with van der Waals surface area (Å²) in [6.07, 6.45) is 0. The number of carbonyl (C=O) groups is 1. The van der Waals surface area contributed by atoms with Crippen molar-refractivity contribution in [2.24, 2.45) is 0 Å². The Kier molecular flexibility index (Phi) is 6.41. The van der Waals surface area contributed by atoms with Crippen LogP contribution in [0.15, 0.2) is 6.07 Å². The van der Waals surface area contributed by atoms with E-state index in [1.165, 1.54) is 6.07 Å². The Morgan fingerprint density at radius 3 is 2.06 bits per heavy atom. The zero-order valence-corrected chi connectivity index (χ0v) is 14.0. The number of hydrogen-bond acceptors (Lipinski definition) is 3. The van der Waals surface area contributed by atoms with Crippen LogP contribution in [0.1, 0.15) is 66.6 Å². The fourth-order valence-corrected chi connectivity index (χ4v) is 2.17. The van der Waals surface area contributed by atoms with E-state index >= 15 is 0 Å². The second kappa shape index (κ2) is 6.60. The Morgan fingerprint density at radius 1 is 1.22 bits per heavy atom. The standard InChI is InChI=1S/C14H20O3.Na/c1-7(2)10-6-11(14(16)17)9(5)12(8(3)4)13(10)15;/h6-8,15H,1-5H3,(H,16,17);/q;+1/p-1. The van der Waals surface area contributed by atoms with Crippen LogP contribution < -0.4 is 34.7 Å². The van der Waals surface area contributed by atoms with Gasteiger partial charge in [-0.3, -0.25) is 0 Å². The molecule has 94 valence electrons. The minimum absolute atomic E-state index is 0. The van der Waals surface area contributed by atoms with Crippen molar-refractivity contribution in [2.75, 3.05) is 0 Å². The zero-order valence-electron chi connectivity index (χ0n) is 12.0. The molecule has 0 aliphatic rings. The number of phenolic OH excluding ortho intramolecular Hbond substituents is 1. The van der Waals surface area contributed by atoms with Crippen LogP contribution in [0.3, 0.4) is 0 Å². The molecular formula is C14H19NaO3. The number of aromatic carboxylic acids is 1. The van der Waals surface area contributed by atoms with Gasteiger partial charge in [-0.25, -0.2) is 0 Å². The van der Waals surface area contributed by atoms with E-state index < -0.39 is 5.97 Å². The molecule has 0 saturated heterocycles. The fraction of sp³-hybridized carbons (Fsp3) is 0.500. The summed E-state index contributed by atoms with van der Waals surface area (Å²) in [5.74, 6) is -0.818. The number of benzene rings is 1. The average Bonchev–Trinajstić information content (AvgIpc) is 2.15. The number of carboxylic acids is 1. The maximum absolute atomic E-state index is 11.1. The maximum Gasteiger partial charge on any atom is 1.00 e. The first-order chi connectivity index (χ1) is 7.77. The fourth-order valence-electron chi connectivity index (χ4n) is 2.17. The largest absolute Gasteiger partial charge is 1.00 e. The monoisotopic (exact) mass is 258 g/mol. The van der Waals surface area contributed by atoms with Gasteiger partial charge in [0.15, 0.2) is 0 Å². The molecule has 1 N–H and O–H groups in total. The second-order valence-electron chi connectivity index (χ2n) is 5.00. The van der Waals surface area contributed by atoms with Crippen LogP contribution >= 0.6 is 0 Å². The molecule has 0 heterocycles. The molecule has 0 atom stereocenters. The van der Waals surface area contributed by atoms with Crippen molar-refractivity contribution in [2.45, 2.75) is 46.5 Å². The van der Waals surface area contributed by atoms with Gasteiger partial charge in [-0.1, -0.05) is 27.7 Å². The van der Waals surface area contributed by atoms with Gasteiger partial charge in [-0.15, -0.1) is 0 Å². The van der Waals surface area contributed by atoms with E-state index in [1.807, 2.05) is 27.7 Å². The van der Waals surface area contributed by atoms with Gasteiger partial charge in [-0.05, 0) is 36.0 Å². The van der Waals surface area contributed by atoms with E-state index in [0.717, 1.165) is 0 Å². The van der Waals surface area contributed by atoms with E-state index in [0.29, 0.717) is 16.7 Å². The van der Waals surface area contributed by atoms with Crippen molar-refractivity contribution < 1.29 is 44.6 Å². The zero-order chi connectivity index (χ0) is 13.3. The Balaban J connectivity index is 0.00000289. The Morgan fingerprint density at radius 2 is 1.72 bits per heavy atom. The van der Waals surface area contributed by atoms with E-state index in [-0.39, 0.29) is 52.7 Å². The number of aromatic hydroxyl groups is 1. The molecule has 18 heavy (non-hydrogen) atoms. The first-order valence-corrected chi connectivity index (χ1v) is 5.85. The summed E-state index contributed by atoms with van der Waals surface area (Å²) in [5.41, 5.74) is 2.14. The van der Waals surface area contributed by atoms with Crippen molar-refractivity contribution >= 4 is 5.97 Å². The molecule has 0 aliphatic heterocycles. The molecule has 1 rings (SSSR count). The summed E-state index contributed by atoms with van der Waals surface area (Å²) < 4.78 is 0. The molecule has 0 saturated carbocycles. The van der Waals surface area contributed by atoms with Gasteiger partial charge in [0.2, 0.25) is 0 Å². The van der Waals surface area contributed by atoms with Crippen LogP contribution in [0.5, 0.6) is 5.75 Å². The summed E-state index contributed by atoms with van der Waals surface area (Å²) in [4.78, 5) is 11.1. The molecule has 0 amide bonds. The maximum atomic E-state index is 11.1. The van der Waals surface area contributed by atoms with Crippen LogP contribution in [-0.4, -0.2) is 11.1 Å². The average molecular weight is 258 g/mol. The van der Waals surface area contributed by atoms with E-state index in [1.54, 1.807) is 6.92 Å². The number of carboxylic acid groups (broad SMARTS) is 1. The third kappa shape index (κ3) is 3.28. The number of rotatable bonds is 3. The van der Waals surface area contributed by atoms with Gasteiger partial charge < -0.3 is 15.0 Å². The van der Waals surface area contributed by atoms with Gasteiger partial charge in [0, 0.05) is 11.1 Å². The van der Waals surface area contributed by atoms with Crippen LogP contribution in [0.25, 0.3) is 0 Å². The molecule has 4 heteroatoms. The van der Waals surface area contributed by atoms with Crippen LogP contribution in [-0.2, 0) is 0 Å². The SMILES string of the molecule is Cc1c(C(=O)[O-])cc(C(C)C)c(O)c1C(C)C.[Na+]. The summed E-state index contributed by atoms with van der Waals surface area (Å²) in [5, 5.41) is 21.3. The van der Waals surface area contributed by atoms with E-state index in [2.05, 4.69) is 0 Å². The van der Waals surface area contributed by atoms with E-state index in [9.17, 15) is 15.0 Å². The minimum Gasteiger partial charge on any atom is -0.545 e. The first-order valence-electron chi connectivity index (χ1n) is 5.85. The van der Waals surface area contributed by atoms with Crippen molar-refractivity contribution in [3.63, 3.8) is 0 Å². The molecule has 0 spiro atoms. The number of hydrogen-bond donors (Lipinski definition) is 1. The molecule has 1 aromatic carbocycles. The molecule has 0 unspecified atom stereocenters. The third-order valence-corrected chi connectivity index (χ3v) is 3.06. The predicted octanol–water partition coefficient (Wildman–Crippen LogP) is -0.685. The normalized spacial score (nSPS) is 10.6. The molecule has 1 aromatic rings. The molecule has 0 radical (unpaired) electrons. The van der Waals surface area contributed by atoms with Gasteiger partial charge in [0.25, 0.3) is 0 Å². The van der Waals surface area contributed by atoms with Crippen molar-refractivity contribution in [1.29, 1.82) is 0 Å². The molecule has 0 bridgehead atoms. The summed E-state index contributed by atoms with van der Waals surface area (Å²) >= 11 is 0. The topological polar surface area (TPSA) is 60.4 Å². The summed E-state index contributed by atoms with van der Waals surface area (Å²) in [6, 6.07) is 1.52. The first kappa shape index (κ1) is 17.5. The quantitative estimate of drug-likeness (QED) is 0.730. The van der Waals surface area contributed by atoms with Crippen molar-refractivity contribution in [3.05, 3.63) is 28.3 Å². The third-order valence-electron chi connectivity index (χ3n) is 3.06. The van der Waals surface area contributed by atoms with Gasteiger partial charge in [0.1, 0.15) is 5.75 Å². The predicted molar refractivity (Wildman–Crippen MR) is 65.4 cm³/mol. The van der Waals surface area contributed by atoms with Gasteiger partial charge in [-0.2, -0.15) is 0 Å². The molecule has 3 nitrogen and oxygen atoms in total. The van der Waals surface area contributed by atoms with Crippen molar-refractivity contribution in [1.82, 2.24) is 0 Å². The van der Waals surface area contributed by atoms with E-state index in [4.69, 9.17) is 0 Å². The summed E-state index contributed by atoms with van der Waals surface area (Å²) in [7, 11) is 0.